The van der Waals surface area contributed by atoms with Crippen molar-refractivity contribution in [3.63, 3.8) is 0 Å². The lowest BCUT2D eigenvalue weighted by atomic mass is 10.3. The molecule has 0 aromatic heterocycles. The zero-order valence-corrected chi connectivity index (χ0v) is 16.5. The molecule has 0 aromatic carbocycles. The highest BCUT2D eigenvalue weighted by Gasteiger charge is 2.04. The van der Waals surface area contributed by atoms with E-state index in [9.17, 15) is 9.59 Å². The van der Waals surface area contributed by atoms with Gasteiger partial charge in [0.2, 0.25) is 5.91 Å². The van der Waals surface area contributed by atoms with Crippen LogP contribution in [0.25, 0.3) is 0 Å². The molecule has 0 atom stereocenters. The molecule has 0 aliphatic rings. The first kappa shape index (κ1) is 26.0. The number of ether oxygens (including phenoxy) is 5. The van der Waals surface area contributed by atoms with Gasteiger partial charge in [-0.15, -0.1) is 11.6 Å². The predicted octanol–water partition coefficient (Wildman–Crippen LogP) is 0.679. The van der Waals surface area contributed by atoms with Gasteiger partial charge in [-0.25, -0.2) is 0 Å². The lowest BCUT2D eigenvalue weighted by Crippen LogP contribution is -2.25. The molecule has 0 bridgehead atoms. The first-order chi connectivity index (χ1) is 13.2. The van der Waals surface area contributed by atoms with E-state index in [0.29, 0.717) is 84.9 Å². The highest BCUT2D eigenvalue weighted by atomic mass is 35.5. The number of carbonyl (C=O) groups excluding carboxylic acids is 1. The Bertz CT molecular complexity index is 360. The molecule has 10 heteroatoms. The van der Waals surface area contributed by atoms with Crippen molar-refractivity contribution >= 4 is 23.5 Å². The van der Waals surface area contributed by atoms with Crippen molar-refractivity contribution in [1.82, 2.24) is 5.32 Å². The van der Waals surface area contributed by atoms with Crippen LogP contribution in [0.2, 0.25) is 0 Å². The number of hydrogen-bond donors (Lipinski definition) is 2. The fourth-order valence-corrected chi connectivity index (χ4v) is 1.86. The van der Waals surface area contributed by atoms with Crippen LogP contribution in [0.3, 0.4) is 0 Å². The summed E-state index contributed by atoms with van der Waals surface area (Å²) in [4.78, 5) is 21.6. The van der Waals surface area contributed by atoms with Crippen LogP contribution in [0.15, 0.2) is 0 Å². The maximum Gasteiger partial charge on any atom is 0.303 e. The SMILES string of the molecule is O=C(O)CCC(=O)NCCCOCCOCCOCCOCCOCCCl. The summed E-state index contributed by atoms with van der Waals surface area (Å²) in [5, 5.41) is 11.1. The van der Waals surface area contributed by atoms with Crippen molar-refractivity contribution in [2.75, 3.05) is 78.5 Å². The Kier molecular flexibility index (Phi) is 20.6. The minimum absolute atomic E-state index is 0.00119. The van der Waals surface area contributed by atoms with E-state index in [0.717, 1.165) is 0 Å². The molecule has 0 unspecified atom stereocenters. The molecule has 9 nitrogen and oxygen atoms in total. The van der Waals surface area contributed by atoms with Crippen LogP contribution in [-0.2, 0) is 33.3 Å². The minimum Gasteiger partial charge on any atom is -0.481 e. The van der Waals surface area contributed by atoms with E-state index in [1.54, 1.807) is 0 Å². The largest absolute Gasteiger partial charge is 0.481 e. The normalized spacial score (nSPS) is 10.9. The summed E-state index contributed by atoms with van der Waals surface area (Å²) in [6.45, 7) is 5.52. The van der Waals surface area contributed by atoms with Crippen molar-refractivity contribution in [2.45, 2.75) is 19.3 Å². The maximum absolute atomic E-state index is 11.3. The molecule has 0 heterocycles. The zero-order chi connectivity index (χ0) is 20.0. The predicted molar refractivity (Wildman–Crippen MR) is 99.3 cm³/mol. The standard InChI is InChI=1S/C17H32ClNO8/c18-4-7-24-9-11-26-13-15-27-14-12-25-10-8-23-6-1-5-19-16(20)2-3-17(21)22/h1-15H2,(H,19,20)(H,21,22). The van der Waals surface area contributed by atoms with Gasteiger partial charge in [0.25, 0.3) is 0 Å². The molecule has 0 aromatic rings. The van der Waals surface area contributed by atoms with E-state index >= 15 is 0 Å². The molecule has 0 radical (unpaired) electrons. The highest BCUT2D eigenvalue weighted by molar-refractivity contribution is 6.17. The number of alkyl halides is 1. The van der Waals surface area contributed by atoms with Gasteiger partial charge in [0.15, 0.2) is 0 Å². The number of hydrogen-bond acceptors (Lipinski definition) is 7. The topological polar surface area (TPSA) is 113 Å². The summed E-state index contributed by atoms with van der Waals surface area (Å²) in [5.41, 5.74) is 0. The quantitative estimate of drug-likeness (QED) is 0.209. The Morgan fingerprint density at radius 1 is 0.704 bits per heavy atom. The van der Waals surface area contributed by atoms with Crippen LogP contribution in [-0.4, -0.2) is 95.5 Å². The molecule has 160 valence electrons. The summed E-state index contributed by atoms with van der Waals surface area (Å²) < 4.78 is 26.5. The van der Waals surface area contributed by atoms with E-state index in [-0.39, 0.29) is 18.7 Å². The number of carboxylic acid groups (broad SMARTS) is 1. The lowest BCUT2D eigenvalue weighted by molar-refractivity contribution is -0.138. The average molecular weight is 414 g/mol. The number of aliphatic carboxylic acids is 1. The molecule has 0 spiro atoms. The van der Waals surface area contributed by atoms with Crippen molar-refractivity contribution in [2.24, 2.45) is 0 Å². The zero-order valence-electron chi connectivity index (χ0n) is 15.8. The van der Waals surface area contributed by atoms with Crippen LogP contribution in [0, 0.1) is 0 Å². The second-order valence-corrected chi connectivity index (χ2v) is 5.73. The van der Waals surface area contributed by atoms with Crippen molar-refractivity contribution in [3.8, 4) is 0 Å². The molecular formula is C17H32ClNO8. The van der Waals surface area contributed by atoms with Gasteiger partial charge in [-0.1, -0.05) is 0 Å². The summed E-state index contributed by atoms with van der Waals surface area (Å²) >= 11 is 5.47. The first-order valence-corrected chi connectivity index (χ1v) is 9.63. The molecule has 2 N–H and O–H groups in total. The number of carboxylic acids is 1. The Morgan fingerprint density at radius 3 is 1.59 bits per heavy atom. The third-order valence-corrected chi connectivity index (χ3v) is 3.22. The molecule has 0 rings (SSSR count). The number of carbonyl (C=O) groups is 2. The average Bonchev–Trinajstić information content (AvgIpc) is 2.65. The summed E-state index contributed by atoms with van der Waals surface area (Å²) in [6, 6.07) is 0. The van der Waals surface area contributed by atoms with Crippen LogP contribution in [0.4, 0.5) is 0 Å². The molecule has 0 aliphatic heterocycles. The van der Waals surface area contributed by atoms with Gasteiger partial charge in [-0.3, -0.25) is 9.59 Å². The van der Waals surface area contributed by atoms with Crippen molar-refractivity contribution < 1.29 is 38.4 Å². The van der Waals surface area contributed by atoms with Crippen LogP contribution >= 0.6 is 11.6 Å². The van der Waals surface area contributed by atoms with Crippen LogP contribution in [0.5, 0.6) is 0 Å². The Balaban J connectivity index is 3.09. The number of rotatable bonds is 21. The maximum atomic E-state index is 11.3. The van der Waals surface area contributed by atoms with Gasteiger partial charge in [-0.05, 0) is 6.42 Å². The number of halogens is 1. The molecule has 0 aliphatic carbocycles. The highest BCUT2D eigenvalue weighted by Crippen LogP contribution is 1.89. The fourth-order valence-electron chi connectivity index (χ4n) is 1.75. The van der Waals surface area contributed by atoms with E-state index in [1.807, 2.05) is 0 Å². The second kappa shape index (κ2) is 21.3. The first-order valence-electron chi connectivity index (χ1n) is 9.10. The van der Waals surface area contributed by atoms with Crippen molar-refractivity contribution in [1.29, 1.82) is 0 Å². The lowest BCUT2D eigenvalue weighted by Gasteiger charge is -2.08. The Morgan fingerprint density at radius 2 is 1.15 bits per heavy atom. The molecule has 27 heavy (non-hydrogen) atoms. The van der Waals surface area contributed by atoms with E-state index in [4.69, 9.17) is 40.4 Å². The fraction of sp³-hybridized carbons (Fsp3) is 0.882. The monoisotopic (exact) mass is 413 g/mol. The molecule has 1 amide bonds. The second-order valence-electron chi connectivity index (χ2n) is 5.35. The summed E-state index contributed by atoms with van der Waals surface area (Å²) in [6.07, 6.45) is 0.514. The van der Waals surface area contributed by atoms with Gasteiger partial charge >= 0.3 is 5.97 Å². The van der Waals surface area contributed by atoms with Gasteiger partial charge in [0, 0.05) is 25.5 Å². The number of amides is 1. The van der Waals surface area contributed by atoms with Crippen molar-refractivity contribution in [3.05, 3.63) is 0 Å². The van der Waals surface area contributed by atoms with E-state index in [1.165, 1.54) is 0 Å². The van der Waals surface area contributed by atoms with Gasteiger partial charge in [-0.2, -0.15) is 0 Å². The Labute approximate surface area is 165 Å². The molecule has 0 fully saturated rings. The van der Waals surface area contributed by atoms with Gasteiger partial charge in [0.1, 0.15) is 0 Å². The van der Waals surface area contributed by atoms with E-state index in [2.05, 4.69) is 5.32 Å². The number of nitrogens with one attached hydrogen (secondary N) is 1. The van der Waals surface area contributed by atoms with Gasteiger partial charge < -0.3 is 34.1 Å². The minimum atomic E-state index is -0.976. The summed E-state index contributed by atoms with van der Waals surface area (Å²) in [7, 11) is 0. The molecule has 0 saturated carbocycles. The third kappa shape index (κ3) is 23.0. The Hall–Kier alpha value is -0.970. The van der Waals surface area contributed by atoms with Crippen LogP contribution < -0.4 is 5.32 Å². The molecule has 0 saturated heterocycles. The molecular weight excluding hydrogens is 382 g/mol. The van der Waals surface area contributed by atoms with Gasteiger partial charge in [0.05, 0.1) is 65.9 Å². The summed E-state index contributed by atoms with van der Waals surface area (Å²) in [5.74, 6) is -0.746. The van der Waals surface area contributed by atoms with E-state index < -0.39 is 5.97 Å². The van der Waals surface area contributed by atoms with Crippen LogP contribution in [0.1, 0.15) is 19.3 Å². The third-order valence-electron chi connectivity index (χ3n) is 3.06. The smallest absolute Gasteiger partial charge is 0.303 e.